The third-order valence-corrected chi connectivity index (χ3v) is 4.58. The Bertz CT molecular complexity index is 738. The molecule has 140 valence electrons. The first-order valence-corrected chi connectivity index (χ1v) is 9.16. The first kappa shape index (κ1) is 21.8. The van der Waals surface area contributed by atoms with Crippen LogP contribution in [0.2, 0.25) is 0 Å². The summed E-state index contributed by atoms with van der Waals surface area (Å²) in [5, 5.41) is 0. The fourth-order valence-electron chi connectivity index (χ4n) is 3.12. The average molecular weight is 351 g/mol. The third-order valence-electron chi connectivity index (χ3n) is 4.58. The van der Waals surface area contributed by atoms with E-state index >= 15 is 0 Å². The van der Waals surface area contributed by atoms with Crippen LogP contribution in [0.3, 0.4) is 0 Å². The standard InChI is InChI=1S/C24H34N2/c1-15(2)11-13-17(5)21-19(7)20(8)22(18(6)14-12-16(3)4)24(26-10)23(21)25-9/h11-14H,1-10H3/b17-13+,18-14+,25-23-,26-24-. The monoisotopic (exact) mass is 350 g/mol. The molecule has 0 saturated heterocycles. The van der Waals surface area contributed by atoms with Gasteiger partial charge in [-0.05, 0) is 77.7 Å². The molecule has 1 rings (SSSR count). The number of allylic oxidation sites excluding steroid dienone is 12. The maximum atomic E-state index is 4.63. The lowest BCUT2D eigenvalue weighted by Gasteiger charge is -2.27. The molecule has 2 nitrogen and oxygen atoms in total. The number of aliphatic imine (C=N–C) groups is 2. The fraction of sp³-hybridized carbons (Fsp3) is 0.417. The van der Waals surface area contributed by atoms with E-state index in [-0.39, 0.29) is 0 Å². The Labute approximate surface area is 160 Å². The molecule has 0 amide bonds. The molecule has 0 aromatic heterocycles. The van der Waals surface area contributed by atoms with Crippen molar-refractivity contribution in [2.75, 3.05) is 14.1 Å². The van der Waals surface area contributed by atoms with E-state index < -0.39 is 0 Å². The SMILES string of the molecule is C/N=C1/C(/C(C)=C/C=C(C)C)=C(C)C(C)=C(/C(C)=C/C=C(C)C)/C1=N/C. The van der Waals surface area contributed by atoms with Gasteiger partial charge in [0.25, 0.3) is 0 Å². The van der Waals surface area contributed by atoms with Gasteiger partial charge in [-0.25, -0.2) is 0 Å². The Morgan fingerprint density at radius 3 is 1.12 bits per heavy atom. The zero-order chi connectivity index (χ0) is 20.0. The highest BCUT2D eigenvalue weighted by Gasteiger charge is 2.28. The van der Waals surface area contributed by atoms with Gasteiger partial charge in [0.1, 0.15) is 0 Å². The van der Waals surface area contributed by atoms with Gasteiger partial charge in [-0.2, -0.15) is 0 Å². The Morgan fingerprint density at radius 2 is 0.885 bits per heavy atom. The molecule has 0 atom stereocenters. The second-order valence-electron chi connectivity index (χ2n) is 7.33. The van der Waals surface area contributed by atoms with Crippen LogP contribution in [-0.2, 0) is 0 Å². The van der Waals surface area contributed by atoms with E-state index in [1.54, 1.807) is 0 Å². The first-order valence-electron chi connectivity index (χ1n) is 9.16. The summed E-state index contributed by atoms with van der Waals surface area (Å²) in [5.74, 6) is 0. The quantitative estimate of drug-likeness (QED) is 0.403. The molecule has 26 heavy (non-hydrogen) atoms. The van der Waals surface area contributed by atoms with Crippen LogP contribution in [0.4, 0.5) is 0 Å². The van der Waals surface area contributed by atoms with Crippen LogP contribution in [0.5, 0.6) is 0 Å². The molecule has 0 N–H and O–H groups in total. The van der Waals surface area contributed by atoms with Crippen LogP contribution in [0, 0.1) is 0 Å². The molecule has 0 fully saturated rings. The van der Waals surface area contributed by atoms with Crippen molar-refractivity contribution in [2.45, 2.75) is 55.4 Å². The topological polar surface area (TPSA) is 24.7 Å². The molecular weight excluding hydrogens is 316 g/mol. The van der Waals surface area contributed by atoms with E-state index in [1.807, 2.05) is 14.1 Å². The summed E-state index contributed by atoms with van der Waals surface area (Å²) in [5.41, 5.74) is 11.9. The van der Waals surface area contributed by atoms with Gasteiger partial charge in [-0.3, -0.25) is 9.98 Å². The van der Waals surface area contributed by atoms with Gasteiger partial charge in [0, 0.05) is 25.2 Å². The highest BCUT2D eigenvalue weighted by atomic mass is 14.8. The number of nitrogens with zero attached hydrogens (tertiary/aromatic N) is 2. The zero-order valence-electron chi connectivity index (χ0n) is 18.2. The van der Waals surface area contributed by atoms with Gasteiger partial charge in [-0.1, -0.05) is 35.5 Å². The van der Waals surface area contributed by atoms with Gasteiger partial charge in [0.15, 0.2) is 0 Å². The Hall–Kier alpha value is -2.22. The van der Waals surface area contributed by atoms with Crippen LogP contribution < -0.4 is 0 Å². The van der Waals surface area contributed by atoms with Crippen LogP contribution in [-0.4, -0.2) is 25.5 Å². The van der Waals surface area contributed by atoms with E-state index in [0.717, 1.165) is 11.4 Å². The largest absolute Gasteiger partial charge is 0.286 e. The smallest absolute Gasteiger partial charge is 0.0906 e. The third kappa shape index (κ3) is 4.91. The van der Waals surface area contributed by atoms with Crippen molar-refractivity contribution >= 4 is 11.4 Å². The van der Waals surface area contributed by atoms with Crippen molar-refractivity contribution in [1.29, 1.82) is 0 Å². The van der Waals surface area contributed by atoms with E-state index in [2.05, 4.69) is 89.7 Å². The van der Waals surface area contributed by atoms with Gasteiger partial charge in [0.05, 0.1) is 11.4 Å². The van der Waals surface area contributed by atoms with Gasteiger partial charge >= 0.3 is 0 Å². The predicted molar refractivity (Wildman–Crippen MR) is 118 cm³/mol. The summed E-state index contributed by atoms with van der Waals surface area (Å²) < 4.78 is 0. The lowest BCUT2D eigenvalue weighted by atomic mass is 9.78. The minimum atomic E-state index is 0.978. The Morgan fingerprint density at radius 1 is 0.577 bits per heavy atom. The maximum Gasteiger partial charge on any atom is 0.0906 e. The highest BCUT2D eigenvalue weighted by Crippen LogP contribution is 2.34. The molecule has 0 bridgehead atoms. The summed E-state index contributed by atoms with van der Waals surface area (Å²) in [6.45, 7) is 17.1. The molecule has 1 aliphatic carbocycles. The van der Waals surface area contributed by atoms with E-state index in [4.69, 9.17) is 0 Å². The Balaban J connectivity index is 3.76. The second kappa shape index (κ2) is 9.47. The molecule has 0 aromatic rings. The van der Waals surface area contributed by atoms with Crippen molar-refractivity contribution in [3.8, 4) is 0 Å². The molecule has 0 aliphatic heterocycles. The molecular formula is C24H34N2. The van der Waals surface area contributed by atoms with Gasteiger partial charge in [0.2, 0.25) is 0 Å². The lowest BCUT2D eigenvalue weighted by Crippen LogP contribution is -2.27. The molecule has 0 saturated carbocycles. The van der Waals surface area contributed by atoms with E-state index in [0.29, 0.717) is 0 Å². The molecule has 2 heteroatoms. The van der Waals surface area contributed by atoms with Crippen molar-refractivity contribution in [3.63, 3.8) is 0 Å². The summed E-state index contributed by atoms with van der Waals surface area (Å²) in [4.78, 5) is 9.26. The summed E-state index contributed by atoms with van der Waals surface area (Å²) >= 11 is 0. The molecule has 0 radical (unpaired) electrons. The average Bonchev–Trinajstić information content (AvgIpc) is 2.58. The summed E-state index contributed by atoms with van der Waals surface area (Å²) in [6.07, 6.45) is 8.66. The van der Waals surface area contributed by atoms with Crippen LogP contribution in [0.15, 0.2) is 78.9 Å². The van der Waals surface area contributed by atoms with Crippen molar-refractivity contribution in [3.05, 3.63) is 68.9 Å². The summed E-state index contributed by atoms with van der Waals surface area (Å²) in [7, 11) is 3.71. The van der Waals surface area contributed by atoms with Gasteiger partial charge < -0.3 is 0 Å². The van der Waals surface area contributed by atoms with Crippen LogP contribution in [0.25, 0.3) is 0 Å². The maximum absolute atomic E-state index is 4.63. The number of rotatable bonds is 4. The van der Waals surface area contributed by atoms with E-state index in [1.165, 1.54) is 44.6 Å². The highest BCUT2D eigenvalue weighted by molar-refractivity contribution is 6.56. The molecule has 0 heterocycles. The molecule has 1 aliphatic rings. The van der Waals surface area contributed by atoms with Crippen molar-refractivity contribution in [1.82, 2.24) is 0 Å². The van der Waals surface area contributed by atoms with Crippen LogP contribution >= 0.6 is 0 Å². The van der Waals surface area contributed by atoms with Gasteiger partial charge in [-0.15, -0.1) is 0 Å². The lowest BCUT2D eigenvalue weighted by molar-refractivity contribution is 1.22. The Kier molecular flexibility index (Phi) is 7.95. The zero-order valence-corrected chi connectivity index (χ0v) is 18.2. The van der Waals surface area contributed by atoms with Crippen molar-refractivity contribution in [2.24, 2.45) is 9.98 Å². The molecule has 0 spiro atoms. The summed E-state index contributed by atoms with van der Waals surface area (Å²) in [6, 6.07) is 0. The van der Waals surface area contributed by atoms with Crippen molar-refractivity contribution < 1.29 is 0 Å². The number of hydrogen-bond acceptors (Lipinski definition) is 2. The second-order valence-corrected chi connectivity index (χ2v) is 7.33. The molecule has 0 unspecified atom stereocenters. The van der Waals surface area contributed by atoms with Crippen LogP contribution in [0.1, 0.15) is 55.4 Å². The fourth-order valence-corrected chi connectivity index (χ4v) is 3.12. The molecule has 0 aromatic carbocycles. The van der Waals surface area contributed by atoms with E-state index in [9.17, 15) is 0 Å². The minimum Gasteiger partial charge on any atom is -0.286 e. The predicted octanol–water partition coefficient (Wildman–Crippen LogP) is 6.60. The minimum absolute atomic E-state index is 0.978. The first-order chi connectivity index (χ1) is 12.1. The number of hydrogen-bond donors (Lipinski definition) is 0. The normalized spacial score (nSPS) is 19.5.